The average molecular weight is 472 g/mol. The van der Waals surface area contributed by atoms with Crippen LogP contribution in [0.15, 0.2) is 42.5 Å². The summed E-state index contributed by atoms with van der Waals surface area (Å²) < 4.78 is 26.0. The van der Waals surface area contributed by atoms with Gasteiger partial charge in [-0.15, -0.1) is 10.2 Å². The second-order valence-electron chi connectivity index (χ2n) is 7.87. The molecule has 3 aromatic rings. The number of aromatic nitrogens is 2. The van der Waals surface area contributed by atoms with E-state index in [4.69, 9.17) is 0 Å². The molecule has 0 fully saturated rings. The first-order valence-electron chi connectivity index (χ1n) is 10.3. The van der Waals surface area contributed by atoms with Gasteiger partial charge in [0.15, 0.2) is 0 Å². The lowest BCUT2D eigenvalue weighted by Crippen LogP contribution is -2.29. The molecule has 1 aromatic heterocycles. The Morgan fingerprint density at radius 2 is 1.94 bits per heavy atom. The monoisotopic (exact) mass is 471 g/mol. The number of hydrogen-bond acceptors (Lipinski definition) is 7. The molecule has 0 atom stereocenters. The fourth-order valence-corrected chi connectivity index (χ4v) is 5.06. The third-order valence-electron chi connectivity index (χ3n) is 5.20. The van der Waals surface area contributed by atoms with Crippen molar-refractivity contribution >= 4 is 38.6 Å². The molecule has 168 valence electrons. The van der Waals surface area contributed by atoms with Crippen molar-refractivity contribution in [1.82, 2.24) is 15.5 Å². The number of sulfonamides is 1. The Labute approximate surface area is 191 Å². The Hall–Kier alpha value is -2.98. The lowest BCUT2D eigenvalue weighted by Gasteiger charge is -2.31. The summed E-state index contributed by atoms with van der Waals surface area (Å²) in [5.41, 5.74) is 4.77. The van der Waals surface area contributed by atoms with E-state index in [1.54, 1.807) is 6.07 Å². The highest BCUT2D eigenvalue weighted by atomic mass is 32.2. The molecule has 2 N–H and O–H groups in total. The van der Waals surface area contributed by atoms with E-state index in [2.05, 4.69) is 25.1 Å². The number of fused-ring (bicyclic) bond motifs is 1. The van der Waals surface area contributed by atoms with Crippen LogP contribution in [0.4, 0.5) is 11.4 Å². The van der Waals surface area contributed by atoms with Gasteiger partial charge in [-0.3, -0.25) is 9.52 Å². The first kappa shape index (κ1) is 22.2. The van der Waals surface area contributed by atoms with Crippen LogP contribution >= 0.6 is 11.3 Å². The topological polar surface area (TPSA) is 104 Å². The fraction of sp³-hybridized carbons (Fsp3) is 0.318. The van der Waals surface area contributed by atoms with Crippen LogP contribution in [-0.2, 0) is 29.5 Å². The van der Waals surface area contributed by atoms with E-state index in [-0.39, 0.29) is 5.91 Å². The number of rotatable bonds is 7. The molecule has 4 rings (SSSR count). The zero-order valence-electron chi connectivity index (χ0n) is 18.0. The standard InChI is InChI=1S/C22H25N5O3S2/c1-15-8-10-16(11-9-15)13-23-21(28)22-25-24-20(31-22)14-27-12-4-5-17-18(26-32(2,29)30)6-3-7-19(17)27/h3,6-11,26H,4-5,12-14H2,1-2H3,(H,23,28). The molecule has 0 aliphatic carbocycles. The van der Waals surface area contributed by atoms with Crippen LogP contribution in [0.2, 0.25) is 0 Å². The van der Waals surface area contributed by atoms with Gasteiger partial charge in [0.25, 0.3) is 5.91 Å². The van der Waals surface area contributed by atoms with Gasteiger partial charge in [0.1, 0.15) is 5.01 Å². The second kappa shape index (κ2) is 9.25. The molecule has 8 nitrogen and oxygen atoms in total. The Morgan fingerprint density at radius 3 is 2.69 bits per heavy atom. The largest absolute Gasteiger partial charge is 0.364 e. The van der Waals surface area contributed by atoms with Gasteiger partial charge in [0.2, 0.25) is 15.0 Å². The van der Waals surface area contributed by atoms with Gasteiger partial charge in [0.05, 0.1) is 18.5 Å². The van der Waals surface area contributed by atoms with Crippen molar-refractivity contribution in [1.29, 1.82) is 0 Å². The van der Waals surface area contributed by atoms with E-state index < -0.39 is 10.0 Å². The summed E-state index contributed by atoms with van der Waals surface area (Å²) in [5, 5.41) is 12.2. The molecular weight excluding hydrogens is 446 g/mol. The van der Waals surface area contributed by atoms with Crippen LogP contribution in [0, 0.1) is 6.92 Å². The molecule has 32 heavy (non-hydrogen) atoms. The van der Waals surface area contributed by atoms with Crippen molar-refractivity contribution in [2.24, 2.45) is 0 Å². The van der Waals surface area contributed by atoms with E-state index >= 15 is 0 Å². The number of nitrogens with zero attached hydrogens (tertiary/aromatic N) is 3. The molecule has 0 radical (unpaired) electrons. The number of nitrogens with one attached hydrogen (secondary N) is 2. The number of carbonyl (C=O) groups excluding carboxylic acids is 1. The molecule has 0 unspecified atom stereocenters. The van der Waals surface area contributed by atoms with Crippen LogP contribution in [0.3, 0.4) is 0 Å². The zero-order valence-corrected chi connectivity index (χ0v) is 19.6. The number of carbonyl (C=O) groups is 1. The van der Waals surface area contributed by atoms with Gasteiger partial charge in [0, 0.05) is 18.8 Å². The van der Waals surface area contributed by atoms with Gasteiger partial charge in [-0.2, -0.15) is 0 Å². The first-order chi connectivity index (χ1) is 15.3. The summed E-state index contributed by atoms with van der Waals surface area (Å²) in [6.45, 7) is 3.79. The van der Waals surface area contributed by atoms with Crippen molar-refractivity contribution in [2.75, 3.05) is 22.4 Å². The lowest BCUT2D eigenvalue weighted by atomic mass is 10.00. The second-order valence-corrected chi connectivity index (χ2v) is 10.7. The van der Waals surface area contributed by atoms with E-state index in [0.29, 0.717) is 23.8 Å². The smallest absolute Gasteiger partial charge is 0.282 e. The first-order valence-corrected chi connectivity index (χ1v) is 13.0. The van der Waals surface area contributed by atoms with E-state index in [1.807, 2.05) is 43.3 Å². The molecule has 0 spiro atoms. The molecule has 1 amide bonds. The number of anilines is 2. The summed E-state index contributed by atoms with van der Waals surface area (Å²) in [4.78, 5) is 14.6. The van der Waals surface area contributed by atoms with Crippen LogP contribution < -0.4 is 14.9 Å². The Bertz CT molecular complexity index is 1220. The summed E-state index contributed by atoms with van der Waals surface area (Å²) >= 11 is 1.27. The maximum atomic E-state index is 12.5. The van der Waals surface area contributed by atoms with Gasteiger partial charge in [-0.05, 0) is 43.0 Å². The summed E-state index contributed by atoms with van der Waals surface area (Å²) in [6.07, 6.45) is 2.85. The molecule has 1 aliphatic rings. The third kappa shape index (κ3) is 5.43. The third-order valence-corrected chi connectivity index (χ3v) is 6.70. The molecule has 0 saturated heterocycles. The summed E-state index contributed by atoms with van der Waals surface area (Å²) in [5.74, 6) is -0.243. The van der Waals surface area contributed by atoms with Crippen LogP contribution in [0.25, 0.3) is 0 Å². The minimum atomic E-state index is -3.35. The summed E-state index contributed by atoms with van der Waals surface area (Å²) in [6, 6.07) is 13.6. The van der Waals surface area contributed by atoms with Crippen molar-refractivity contribution in [3.05, 3.63) is 69.2 Å². The Balaban J connectivity index is 1.43. The molecule has 2 aromatic carbocycles. The fourth-order valence-electron chi connectivity index (χ4n) is 3.70. The van der Waals surface area contributed by atoms with E-state index in [1.165, 1.54) is 16.9 Å². The average Bonchev–Trinajstić information content (AvgIpc) is 3.21. The SMILES string of the molecule is Cc1ccc(CNC(=O)c2nnc(CN3CCCc4c(NS(C)(=O)=O)cccc43)s2)cc1. The highest BCUT2D eigenvalue weighted by Crippen LogP contribution is 2.34. The molecule has 1 aliphatic heterocycles. The maximum absolute atomic E-state index is 12.5. The van der Waals surface area contributed by atoms with Crippen molar-refractivity contribution in [2.45, 2.75) is 32.9 Å². The maximum Gasteiger partial charge on any atom is 0.282 e. The van der Waals surface area contributed by atoms with Gasteiger partial charge >= 0.3 is 0 Å². The van der Waals surface area contributed by atoms with Crippen molar-refractivity contribution in [3.8, 4) is 0 Å². The predicted molar refractivity (Wildman–Crippen MR) is 127 cm³/mol. The van der Waals surface area contributed by atoms with E-state index in [9.17, 15) is 13.2 Å². The van der Waals surface area contributed by atoms with Crippen molar-refractivity contribution in [3.63, 3.8) is 0 Å². The number of hydrogen-bond donors (Lipinski definition) is 2. The lowest BCUT2D eigenvalue weighted by molar-refractivity contribution is 0.0950. The quantitative estimate of drug-likeness (QED) is 0.549. The molecule has 10 heteroatoms. The number of benzene rings is 2. The van der Waals surface area contributed by atoms with Gasteiger partial charge < -0.3 is 10.2 Å². The van der Waals surface area contributed by atoms with Crippen LogP contribution in [0.5, 0.6) is 0 Å². The van der Waals surface area contributed by atoms with Crippen molar-refractivity contribution < 1.29 is 13.2 Å². The molecule has 2 heterocycles. The zero-order chi connectivity index (χ0) is 22.7. The van der Waals surface area contributed by atoms with Crippen LogP contribution in [-0.4, -0.2) is 37.3 Å². The highest BCUT2D eigenvalue weighted by molar-refractivity contribution is 7.92. The Morgan fingerprint density at radius 1 is 1.16 bits per heavy atom. The number of aryl methyl sites for hydroxylation is 1. The normalized spacial score (nSPS) is 13.5. The molecular formula is C22H25N5O3S2. The minimum absolute atomic E-state index is 0.243. The van der Waals surface area contributed by atoms with Gasteiger partial charge in [-0.25, -0.2) is 8.42 Å². The Kier molecular flexibility index (Phi) is 6.43. The van der Waals surface area contributed by atoms with Crippen LogP contribution in [0.1, 0.15) is 37.9 Å². The number of amides is 1. The molecule has 0 bridgehead atoms. The predicted octanol–water partition coefficient (Wildman–Crippen LogP) is 3.10. The summed E-state index contributed by atoms with van der Waals surface area (Å²) in [7, 11) is -3.35. The van der Waals surface area contributed by atoms with Gasteiger partial charge in [-0.1, -0.05) is 47.2 Å². The highest BCUT2D eigenvalue weighted by Gasteiger charge is 2.22. The molecule has 0 saturated carbocycles. The van der Waals surface area contributed by atoms with E-state index in [0.717, 1.165) is 47.5 Å². The minimum Gasteiger partial charge on any atom is -0.364 e.